The Balaban J connectivity index is 1.22. The number of ether oxygens (including phenoxy) is 2. The van der Waals surface area contributed by atoms with Crippen molar-refractivity contribution in [3.63, 3.8) is 0 Å². The number of nitrogens with one attached hydrogen (secondary N) is 1. The Morgan fingerprint density at radius 1 is 1.00 bits per heavy atom. The van der Waals surface area contributed by atoms with E-state index in [1.54, 1.807) is 4.57 Å². The van der Waals surface area contributed by atoms with E-state index in [4.69, 9.17) is 43.5 Å². The van der Waals surface area contributed by atoms with E-state index >= 15 is 0 Å². The van der Waals surface area contributed by atoms with E-state index in [0.717, 1.165) is 0 Å². The highest BCUT2D eigenvalue weighted by Crippen LogP contribution is 2.72. The summed E-state index contributed by atoms with van der Waals surface area (Å²) in [5, 5.41) is -0.316. The third-order valence-corrected chi connectivity index (χ3v) is 17.8. The van der Waals surface area contributed by atoms with Gasteiger partial charge in [0, 0.05) is 12.5 Å². The number of anilines is 2. The Hall–Kier alpha value is -3.18. The number of methoxy groups -OCH3 is 1. The van der Waals surface area contributed by atoms with Crippen molar-refractivity contribution in [2.45, 2.75) is 88.1 Å². The van der Waals surface area contributed by atoms with Gasteiger partial charge in [-0.05, 0) is 30.5 Å². The molecule has 2 aliphatic heterocycles. The number of rotatable bonds is 5. The molecule has 6 heterocycles. The first kappa shape index (κ1) is 37.7. The lowest BCUT2D eigenvalue weighted by Gasteiger charge is -2.43. The molecule has 0 radical (unpaired) electrons. The van der Waals surface area contributed by atoms with Gasteiger partial charge in [0.2, 0.25) is 5.95 Å². The molecule has 0 amide bonds. The van der Waals surface area contributed by atoms with Crippen LogP contribution in [0, 0.1) is 11.3 Å². The molecule has 4 aromatic heterocycles. The lowest BCUT2D eigenvalue weighted by atomic mass is 10.0. The summed E-state index contributed by atoms with van der Waals surface area (Å²) < 4.78 is 73.4. The smallest absolute Gasteiger partial charge is 0.411 e. The first-order chi connectivity index (χ1) is 25.3. The molecule has 294 valence electrons. The molecule has 25 heteroatoms. The van der Waals surface area contributed by atoms with Gasteiger partial charge < -0.3 is 39.7 Å². The molecule has 2 aliphatic carbocycles. The summed E-state index contributed by atoms with van der Waals surface area (Å²) in [4.78, 5) is 58.9. The van der Waals surface area contributed by atoms with Crippen molar-refractivity contribution in [1.82, 2.24) is 39.0 Å². The molecule has 4 aromatic rings. The van der Waals surface area contributed by atoms with Crippen LogP contribution in [0.2, 0.25) is 18.1 Å². The lowest BCUT2D eigenvalue weighted by Crippen LogP contribution is -2.50. The number of aromatic amines is 1. The zero-order chi connectivity index (χ0) is 38.7. The average Bonchev–Trinajstić information content (AvgIpc) is 3.37. The minimum Gasteiger partial charge on any atom is -0.411 e. The number of H-pyrrole nitrogens is 1. The highest BCUT2D eigenvalue weighted by atomic mass is 31.2. The Labute approximate surface area is 308 Å². The van der Waals surface area contributed by atoms with Gasteiger partial charge in [-0.3, -0.25) is 32.4 Å². The molecule has 2 saturated heterocycles. The zero-order valence-electron chi connectivity index (χ0n) is 30.1. The first-order valence-electron chi connectivity index (χ1n) is 17.1. The Bertz CT molecular complexity index is 2280. The highest BCUT2D eigenvalue weighted by Gasteiger charge is 2.75. The second-order valence-electron chi connectivity index (χ2n) is 15.6. The van der Waals surface area contributed by atoms with E-state index in [2.05, 4.69) is 29.9 Å². The summed E-state index contributed by atoms with van der Waals surface area (Å²) in [6.07, 6.45) is -2.86. The number of phosphoric ester groups is 2. The van der Waals surface area contributed by atoms with Crippen LogP contribution in [-0.2, 0) is 41.1 Å². The second-order valence-corrected chi connectivity index (χ2v) is 23.2. The van der Waals surface area contributed by atoms with Gasteiger partial charge in [-0.1, -0.05) is 20.8 Å². The van der Waals surface area contributed by atoms with Crippen molar-refractivity contribution in [2.24, 2.45) is 11.3 Å². The molecular formula is C29H42N10O12P2Si. The predicted octanol–water partition coefficient (Wildman–Crippen LogP) is 2.01. The third-order valence-electron chi connectivity index (χ3n) is 11.4. The van der Waals surface area contributed by atoms with Crippen LogP contribution in [0.25, 0.3) is 22.3 Å². The molecule has 0 aromatic carbocycles. The van der Waals surface area contributed by atoms with E-state index in [-0.39, 0.29) is 40.5 Å². The normalized spacial score (nSPS) is 37.4. The van der Waals surface area contributed by atoms with Crippen LogP contribution in [-0.4, -0.2) is 108 Å². The molecule has 1 spiro atoms. The fourth-order valence-corrected chi connectivity index (χ4v) is 11.0. The predicted molar refractivity (Wildman–Crippen MR) is 190 cm³/mol. The van der Waals surface area contributed by atoms with Crippen molar-refractivity contribution in [1.29, 1.82) is 0 Å². The Morgan fingerprint density at radius 2 is 1.69 bits per heavy atom. The molecular weight excluding hydrogens is 770 g/mol. The van der Waals surface area contributed by atoms with Gasteiger partial charge in [0.05, 0.1) is 38.0 Å². The molecule has 4 aliphatic rings. The highest BCUT2D eigenvalue weighted by molar-refractivity contribution is 7.47. The van der Waals surface area contributed by atoms with E-state index in [9.17, 15) is 23.7 Å². The standard InChI is InChI=1S/C29H42N10O12P2Si/c1-28(2,3)54(5,6)51-21-19-17(38-11-34-15-22(30)32-10-33-23(15)38)13-7-29(13,21)9-47-53(43,44)50-20-18(45-4)14(8-46-52(41,42)49-19)48-26(20)39-12-35-16-24(39)36-27(31)37-25(16)40/h10-14,17-21,26H,7-9H2,1-6H3,(H,41,42)(H,43,44)(H2,30,32,33)(H3,31,36,37,40)/t13-,14-,17-,18-,19+,20-,21+,26-,29+/m1/s1. The number of fused-ring (bicyclic) bond motifs is 5. The second kappa shape index (κ2) is 12.7. The number of nitrogens with two attached hydrogens (primary N) is 2. The van der Waals surface area contributed by atoms with Crippen molar-refractivity contribution < 1.29 is 50.9 Å². The van der Waals surface area contributed by atoms with Gasteiger partial charge >= 0.3 is 15.6 Å². The topological polar surface area (TPSA) is 298 Å². The Kier molecular flexibility index (Phi) is 8.85. The molecule has 22 nitrogen and oxygen atoms in total. The van der Waals surface area contributed by atoms with Crippen LogP contribution in [0.3, 0.4) is 0 Å². The van der Waals surface area contributed by atoms with Crippen LogP contribution in [0.1, 0.15) is 39.5 Å². The molecule has 8 rings (SSSR count). The fourth-order valence-electron chi connectivity index (χ4n) is 7.69. The quantitative estimate of drug-likeness (QED) is 0.142. The van der Waals surface area contributed by atoms with Crippen LogP contribution in [0.15, 0.2) is 23.8 Å². The minimum atomic E-state index is -4.98. The summed E-state index contributed by atoms with van der Waals surface area (Å²) in [6, 6.07) is -0.739. The molecule has 7 N–H and O–H groups in total. The minimum absolute atomic E-state index is 0.0261. The van der Waals surface area contributed by atoms with E-state index in [1.165, 1.54) is 30.7 Å². The van der Waals surface area contributed by atoms with E-state index in [1.807, 2.05) is 33.9 Å². The monoisotopic (exact) mass is 812 g/mol. The number of aromatic nitrogens is 8. The van der Waals surface area contributed by atoms with Crippen LogP contribution in [0.4, 0.5) is 11.8 Å². The average molecular weight is 813 g/mol. The zero-order valence-corrected chi connectivity index (χ0v) is 32.9. The van der Waals surface area contributed by atoms with Crippen LogP contribution < -0.4 is 17.0 Å². The van der Waals surface area contributed by atoms with Crippen molar-refractivity contribution in [3.8, 4) is 0 Å². The molecule has 54 heavy (non-hydrogen) atoms. The van der Waals surface area contributed by atoms with Crippen molar-refractivity contribution >= 4 is 58.1 Å². The molecule has 2 unspecified atom stereocenters. The Morgan fingerprint density at radius 3 is 2.41 bits per heavy atom. The summed E-state index contributed by atoms with van der Waals surface area (Å²) >= 11 is 0. The maximum Gasteiger partial charge on any atom is 0.472 e. The number of nitrogen functional groups attached to an aromatic ring is 2. The number of hydrogen-bond acceptors (Lipinski definition) is 17. The van der Waals surface area contributed by atoms with Gasteiger partial charge in [-0.15, -0.1) is 0 Å². The van der Waals surface area contributed by atoms with Gasteiger partial charge in [0.15, 0.2) is 37.2 Å². The number of nitrogens with zero attached hydrogens (tertiary/aromatic N) is 7. The van der Waals surface area contributed by atoms with Crippen LogP contribution in [0.5, 0.6) is 0 Å². The van der Waals surface area contributed by atoms with Gasteiger partial charge in [-0.2, -0.15) is 4.98 Å². The van der Waals surface area contributed by atoms with Crippen LogP contribution >= 0.6 is 15.6 Å². The van der Waals surface area contributed by atoms with Gasteiger partial charge in [0.1, 0.15) is 36.3 Å². The molecule has 2 saturated carbocycles. The van der Waals surface area contributed by atoms with E-state index in [0.29, 0.717) is 17.6 Å². The maximum absolute atomic E-state index is 14.1. The summed E-state index contributed by atoms with van der Waals surface area (Å²) in [5.74, 6) is -0.471. The first-order valence-corrected chi connectivity index (χ1v) is 23.0. The van der Waals surface area contributed by atoms with Crippen molar-refractivity contribution in [3.05, 3.63) is 29.3 Å². The van der Waals surface area contributed by atoms with Gasteiger partial charge in [-0.25, -0.2) is 29.1 Å². The summed E-state index contributed by atoms with van der Waals surface area (Å²) in [7, 11) is -11.3. The summed E-state index contributed by atoms with van der Waals surface area (Å²) in [6.45, 7) is 9.19. The largest absolute Gasteiger partial charge is 0.472 e. The maximum atomic E-state index is 14.1. The molecule has 4 bridgehead atoms. The fraction of sp³-hybridized carbons (Fsp3) is 0.655. The SMILES string of the molecule is CO[C@H]1[C@H]2OP(=O)(O)OC[C@@]34C[C@@H]3[C@@H](n3cnc5c(N)ncnc53)[C@H](OP(=O)(O)OC[C@H]1O[C@H]2n1cnc2c(=O)[nH]c(N)nc21)[C@@H]4O[Si](C)(C)C(C)(C)C. The lowest BCUT2D eigenvalue weighted by molar-refractivity contribution is -0.0603. The number of imidazole rings is 2. The molecule has 11 atom stereocenters. The van der Waals surface area contributed by atoms with E-state index < -0.39 is 84.3 Å². The van der Waals surface area contributed by atoms with Gasteiger partial charge in [0.25, 0.3) is 5.56 Å². The number of phosphoric acid groups is 2. The number of hydrogen-bond donors (Lipinski definition) is 5. The molecule has 4 fully saturated rings. The third kappa shape index (κ3) is 6.14. The van der Waals surface area contributed by atoms with Crippen molar-refractivity contribution in [2.75, 3.05) is 31.8 Å². The summed E-state index contributed by atoms with van der Waals surface area (Å²) in [5.41, 5.74) is 10.8.